The van der Waals surface area contributed by atoms with Crippen LogP contribution in [0.1, 0.15) is 35.7 Å². The number of nitrogens with zero attached hydrogens (tertiary/aromatic N) is 5. The molecule has 1 fully saturated rings. The van der Waals surface area contributed by atoms with Crippen molar-refractivity contribution in [2.24, 2.45) is 4.99 Å². The third-order valence-corrected chi connectivity index (χ3v) is 6.77. The summed E-state index contributed by atoms with van der Waals surface area (Å²) in [6.07, 6.45) is 6.39. The Hall–Kier alpha value is -2.65. The number of aliphatic hydroxyl groups is 1. The van der Waals surface area contributed by atoms with E-state index in [9.17, 15) is 9.90 Å². The number of aliphatic hydroxyl groups excluding tert-OH is 1. The smallest absolute Gasteiger partial charge is 0.204 e. The summed E-state index contributed by atoms with van der Waals surface area (Å²) in [6.45, 7) is 6.73. The van der Waals surface area contributed by atoms with E-state index in [0.717, 1.165) is 53.9 Å². The molecule has 2 aromatic rings. The number of aryl methyl sites for hydroxylation is 2. The first-order chi connectivity index (χ1) is 15.9. The zero-order valence-corrected chi connectivity index (χ0v) is 19.5. The number of piperidine rings is 1. The summed E-state index contributed by atoms with van der Waals surface area (Å²) in [4.78, 5) is 26.9. The molecule has 33 heavy (non-hydrogen) atoms. The Morgan fingerprint density at radius 1 is 1.15 bits per heavy atom. The van der Waals surface area contributed by atoms with Gasteiger partial charge in [0.05, 0.1) is 29.1 Å². The number of carbonyl (C=O) groups is 1. The molecule has 0 radical (unpaired) electrons. The molecule has 0 spiro atoms. The van der Waals surface area contributed by atoms with Gasteiger partial charge in [-0.3, -0.25) is 25.1 Å². The third-order valence-electron chi connectivity index (χ3n) is 6.47. The van der Waals surface area contributed by atoms with Crippen LogP contribution in [-0.2, 0) is 4.79 Å². The number of nitrogens with one attached hydrogen (secondary N) is 1. The molecule has 3 aliphatic rings. The number of aromatic nitrogens is 2. The van der Waals surface area contributed by atoms with Gasteiger partial charge in [-0.2, -0.15) is 0 Å². The van der Waals surface area contributed by atoms with Crippen molar-refractivity contribution < 1.29 is 9.90 Å². The number of rotatable bonds is 3. The summed E-state index contributed by atoms with van der Waals surface area (Å²) >= 11 is 6.46. The first kappa shape index (κ1) is 22.2. The molecule has 5 rings (SSSR count). The average molecular weight is 467 g/mol. The second kappa shape index (κ2) is 8.95. The topological polar surface area (TPSA) is 94.0 Å². The molecule has 1 atom stereocenters. The van der Waals surface area contributed by atoms with E-state index in [4.69, 9.17) is 11.6 Å². The molecule has 0 aromatic carbocycles. The summed E-state index contributed by atoms with van der Waals surface area (Å²) in [5, 5.41) is 17.8. The quantitative estimate of drug-likeness (QED) is 0.718. The first-order valence-corrected chi connectivity index (χ1v) is 11.6. The van der Waals surface area contributed by atoms with Gasteiger partial charge in [0, 0.05) is 37.6 Å². The van der Waals surface area contributed by atoms with Crippen LogP contribution in [-0.4, -0.2) is 69.5 Å². The molecule has 5 heterocycles. The van der Waals surface area contributed by atoms with Crippen LogP contribution in [0.3, 0.4) is 0 Å². The highest BCUT2D eigenvalue weighted by Gasteiger charge is 2.35. The van der Waals surface area contributed by atoms with Crippen LogP contribution in [0.4, 0.5) is 0 Å². The minimum absolute atomic E-state index is 0.0874. The predicted molar refractivity (Wildman–Crippen MR) is 127 cm³/mol. The molecule has 1 unspecified atom stereocenters. The van der Waals surface area contributed by atoms with E-state index in [1.807, 2.05) is 31.1 Å². The van der Waals surface area contributed by atoms with E-state index in [-0.39, 0.29) is 11.9 Å². The standard InChI is InChI=1S/C24H27ClN6O2/c1-14-7-15(2)21(27-9-14)18-8-20(26-11-19(18)25)23-24(33)22-16(10-28-23)12-31(13-29-22)30-5-3-17(32)4-6-30/h7-9,11,13,17,23,28,32H,3-6,10,12H2,1-2H3. The van der Waals surface area contributed by atoms with Crippen molar-refractivity contribution in [3.63, 3.8) is 0 Å². The van der Waals surface area contributed by atoms with Gasteiger partial charge in [0.25, 0.3) is 0 Å². The van der Waals surface area contributed by atoms with E-state index in [2.05, 4.69) is 31.4 Å². The lowest BCUT2D eigenvalue weighted by Gasteiger charge is -2.40. The highest BCUT2D eigenvalue weighted by Crippen LogP contribution is 2.33. The van der Waals surface area contributed by atoms with Crippen LogP contribution >= 0.6 is 11.6 Å². The molecule has 0 bridgehead atoms. The Morgan fingerprint density at radius 3 is 2.70 bits per heavy atom. The lowest BCUT2D eigenvalue weighted by atomic mass is 9.95. The molecule has 9 heteroatoms. The third kappa shape index (κ3) is 4.31. The fourth-order valence-electron chi connectivity index (χ4n) is 4.67. The maximum Gasteiger partial charge on any atom is 0.204 e. The van der Waals surface area contributed by atoms with Gasteiger partial charge in [-0.15, -0.1) is 0 Å². The largest absolute Gasteiger partial charge is 0.393 e. The van der Waals surface area contributed by atoms with Crippen molar-refractivity contribution in [2.75, 3.05) is 26.2 Å². The zero-order chi connectivity index (χ0) is 23.1. The maximum absolute atomic E-state index is 13.3. The van der Waals surface area contributed by atoms with Crippen molar-refractivity contribution >= 4 is 23.7 Å². The van der Waals surface area contributed by atoms with Gasteiger partial charge in [0.2, 0.25) is 5.78 Å². The monoisotopic (exact) mass is 466 g/mol. The number of Topliss-reactive ketones (excluding diaryl/α,β-unsaturated/α-hetero) is 1. The summed E-state index contributed by atoms with van der Waals surface area (Å²) < 4.78 is 0. The number of carbonyl (C=O) groups excluding carboxylic acids is 1. The molecular weight excluding hydrogens is 440 g/mol. The molecule has 1 saturated heterocycles. The number of pyridine rings is 2. The summed E-state index contributed by atoms with van der Waals surface area (Å²) in [6, 6.07) is 3.33. The molecule has 3 aliphatic heterocycles. The first-order valence-electron chi connectivity index (χ1n) is 11.2. The number of hydrazine groups is 1. The molecule has 2 aromatic heterocycles. The second-order valence-electron chi connectivity index (χ2n) is 8.92. The van der Waals surface area contributed by atoms with Gasteiger partial charge in [-0.1, -0.05) is 17.7 Å². The van der Waals surface area contributed by atoms with Gasteiger partial charge < -0.3 is 5.11 Å². The highest BCUT2D eigenvalue weighted by molar-refractivity contribution is 6.33. The van der Waals surface area contributed by atoms with Crippen LogP contribution in [0.5, 0.6) is 0 Å². The van der Waals surface area contributed by atoms with E-state index < -0.39 is 6.04 Å². The van der Waals surface area contributed by atoms with E-state index in [1.54, 1.807) is 12.5 Å². The molecule has 2 N–H and O–H groups in total. The van der Waals surface area contributed by atoms with Gasteiger partial charge >= 0.3 is 0 Å². The minimum atomic E-state index is -0.584. The Morgan fingerprint density at radius 2 is 1.94 bits per heavy atom. The van der Waals surface area contributed by atoms with Crippen molar-refractivity contribution in [1.82, 2.24) is 25.3 Å². The lowest BCUT2D eigenvalue weighted by Crippen LogP contribution is -2.51. The normalized spacial score (nSPS) is 22.1. The minimum Gasteiger partial charge on any atom is -0.393 e. The van der Waals surface area contributed by atoms with Crippen molar-refractivity contribution in [2.45, 2.75) is 38.8 Å². The van der Waals surface area contributed by atoms with Gasteiger partial charge in [0.1, 0.15) is 18.1 Å². The Labute approximate surface area is 198 Å². The SMILES string of the molecule is Cc1cnc(-c2cc(C3NCC4=C(N=CN(N5CCC(O)CC5)C4)C3=O)ncc2Cl)c(C)c1. The maximum atomic E-state index is 13.3. The van der Waals surface area contributed by atoms with Gasteiger partial charge in [-0.05, 0) is 49.5 Å². The molecule has 172 valence electrons. The number of halogens is 1. The summed E-state index contributed by atoms with van der Waals surface area (Å²) in [5.41, 5.74) is 5.73. The molecular formula is C24H27ClN6O2. The van der Waals surface area contributed by atoms with Crippen LogP contribution in [0.2, 0.25) is 5.02 Å². The van der Waals surface area contributed by atoms with Crippen LogP contribution in [0.15, 0.2) is 40.8 Å². The van der Waals surface area contributed by atoms with Crippen LogP contribution in [0.25, 0.3) is 11.3 Å². The number of aliphatic imine (C=N–C) groups is 1. The highest BCUT2D eigenvalue weighted by atomic mass is 35.5. The van der Waals surface area contributed by atoms with Crippen molar-refractivity contribution in [3.05, 3.63) is 57.6 Å². The molecule has 0 aliphatic carbocycles. The molecule has 0 amide bonds. The van der Waals surface area contributed by atoms with Crippen molar-refractivity contribution in [1.29, 1.82) is 0 Å². The fourth-order valence-corrected chi connectivity index (χ4v) is 4.86. The Balaban J connectivity index is 1.37. The molecule has 8 nitrogen and oxygen atoms in total. The van der Waals surface area contributed by atoms with Crippen LogP contribution in [0, 0.1) is 13.8 Å². The number of ketones is 1. The van der Waals surface area contributed by atoms with Gasteiger partial charge in [-0.25, -0.2) is 10.0 Å². The molecule has 0 saturated carbocycles. The lowest BCUT2D eigenvalue weighted by molar-refractivity contribution is -0.118. The summed E-state index contributed by atoms with van der Waals surface area (Å²) in [7, 11) is 0. The van der Waals surface area contributed by atoms with Gasteiger partial charge in [0.15, 0.2) is 0 Å². The second-order valence-corrected chi connectivity index (χ2v) is 9.33. The predicted octanol–water partition coefficient (Wildman–Crippen LogP) is 2.60. The van der Waals surface area contributed by atoms with E-state index in [1.165, 1.54) is 0 Å². The Kier molecular flexibility index (Phi) is 6.01. The number of hydrogen-bond acceptors (Lipinski definition) is 8. The average Bonchev–Trinajstić information content (AvgIpc) is 2.80. The van der Waals surface area contributed by atoms with E-state index in [0.29, 0.717) is 29.5 Å². The van der Waals surface area contributed by atoms with E-state index >= 15 is 0 Å². The van der Waals surface area contributed by atoms with Crippen LogP contribution < -0.4 is 5.32 Å². The Bertz CT molecular complexity index is 1160. The number of hydrogen-bond donors (Lipinski definition) is 2. The summed E-state index contributed by atoms with van der Waals surface area (Å²) in [5.74, 6) is -0.0874. The van der Waals surface area contributed by atoms with Crippen molar-refractivity contribution in [3.8, 4) is 11.3 Å². The zero-order valence-electron chi connectivity index (χ0n) is 18.8. The fraction of sp³-hybridized carbons (Fsp3) is 0.417.